The minimum atomic E-state index is -1.17. The fourth-order valence-electron chi connectivity index (χ4n) is 4.16. The van der Waals surface area contributed by atoms with Gasteiger partial charge in [0.2, 0.25) is 0 Å². The molecular formula is C28H31ClFN3O5. The van der Waals surface area contributed by atoms with E-state index in [4.69, 9.17) is 16.3 Å². The van der Waals surface area contributed by atoms with E-state index in [1.54, 1.807) is 37.3 Å². The van der Waals surface area contributed by atoms with Gasteiger partial charge in [0, 0.05) is 36.8 Å². The van der Waals surface area contributed by atoms with Gasteiger partial charge in [-0.15, -0.1) is 0 Å². The van der Waals surface area contributed by atoms with Gasteiger partial charge >= 0.3 is 5.97 Å². The zero-order valence-electron chi connectivity index (χ0n) is 21.5. The van der Waals surface area contributed by atoms with Crippen molar-refractivity contribution in [3.63, 3.8) is 0 Å². The first-order valence-electron chi connectivity index (χ1n) is 12.2. The first-order chi connectivity index (χ1) is 18.0. The van der Waals surface area contributed by atoms with Gasteiger partial charge in [0.15, 0.2) is 5.78 Å². The molecule has 0 saturated carbocycles. The van der Waals surface area contributed by atoms with Crippen molar-refractivity contribution in [3.05, 3.63) is 76.3 Å². The van der Waals surface area contributed by atoms with Crippen LogP contribution in [-0.2, 0) is 16.0 Å². The second-order valence-corrected chi connectivity index (χ2v) is 9.87. The highest BCUT2D eigenvalue weighted by molar-refractivity contribution is 6.30. The molecule has 8 nitrogen and oxygen atoms in total. The third-order valence-electron chi connectivity index (χ3n) is 6.41. The Hall–Kier alpha value is -3.56. The minimum absolute atomic E-state index is 0.0957. The maximum Gasteiger partial charge on any atom is 0.309 e. The van der Waals surface area contributed by atoms with E-state index in [1.807, 2.05) is 6.92 Å². The van der Waals surface area contributed by atoms with Gasteiger partial charge in [-0.1, -0.05) is 35.9 Å². The number of carboxylic acid groups (broad SMARTS) is 1. The highest BCUT2D eigenvalue weighted by Crippen LogP contribution is 2.31. The number of hydrogen-bond acceptors (Lipinski definition) is 5. The summed E-state index contributed by atoms with van der Waals surface area (Å²) in [5.74, 6) is -2.19. The standard InChI is InChI=1S/C28H31ClFN3O5/c1-4-38-12-11-28(3,27(36)37)16-21(31-26(35)25-15-24(17(2)34)32-33-25)13-18-5-7-19(8-6-18)22-14-20(29)9-10-23(22)30/h5-10,14-15,21H,4,11-13,16H2,1-3H3,(H,31,35)(H,32,33)(H,36,37)/t21-,28-/m1/s1. The first-order valence-corrected chi connectivity index (χ1v) is 12.6. The number of halogens is 2. The summed E-state index contributed by atoms with van der Waals surface area (Å²) >= 11 is 6.03. The molecule has 1 aromatic heterocycles. The molecule has 3 aromatic rings. The quantitative estimate of drug-likeness (QED) is 0.198. The third kappa shape index (κ3) is 7.49. The number of aromatic nitrogens is 2. The van der Waals surface area contributed by atoms with E-state index in [-0.39, 0.29) is 36.6 Å². The second kappa shape index (κ2) is 12.8. The van der Waals surface area contributed by atoms with Crippen LogP contribution in [0.25, 0.3) is 11.1 Å². The number of ketones is 1. The number of carbonyl (C=O) groups is 3. The summed E-state index contributed by atoms with van der Waals surface area (Å²) in [4.78, 5) is 36.8. The van der Waals surface area contributed by atoms with Crippen molar-refractivity contribution < 1.29 is 28.6 Å². The number of amides is 1. The summed E-state index contributed by atoms with van der Waals surface area (Å²) < 4.78 is 19.7. The number of nitrogens with zero attached hydrogens (tertiary/aromatic N) is 1. The summed E-state index contributed by atoms with van der Waals surface area (Å²) in [7, 11) is 0. The van der Waals surface area contributed by atoms with Gasteiger partial charge in [-0.2, -0.15) is 5.10 Å². The largest absolute Gasteiger partial charge is 0.481 e. The summed E-state index contributed by atoms with van der Waals surface area (Å²) in [6.07, 6.45) is 0.697. The average molecular weight is 544 g/mol. The van der Waals surface area contributed by atoms with Gasteiger partial charge in [-0.05, 0) is 68.5 Å². The Morgan fingerprint density at radius 3 is 2.50 bits per heavy atom. The Bertz CT molecular complexity index is 1290. The van der Waals surface area contributed by atoms with Crippen LogP contribution < -0.4 is 5.32 Å². The predicted molar refractivity (Wildman–Crippen MR) is 142 cm³/mol. The number of hydrogen-bond donors (Lipinski definition) is 3. The predicted octanol–water partition coefficient (Wildman–Crippen LogP) is 5.32. The number of carboxylic acids is 1. The zero-order chi connectivity index (χ0) is 27.9. The van der Waals surface area contributed by atoms with Crippen LogP contribution in [0.5, 0.6) is 0 Å². The van der Waals surface area contributed by atoms with E-state index in [1.165, 1.54) is 25.1 Å². The highest BCUT2D eigenvalue weighted by atomic mass is 35.5. The van der Waals surface area contributed by atoms with Gasteiger partial charge in [0.25, 0.3) is 5.91 Å². The Morgan fingerprint density at radius 1 is 1.18 bits per heavy atom. The van der Waals surface area contributed by atoms with Crippen LogP contribution in [0.3, 0.4) is 0 Å². The van der Waals surface area contributed by atoms with Gasteiger partial charge in [0.05, 0.1) is 5.41 Å². The van der Waals surface area contributed by atoms with Gasteiger partial charge in [-0.25, -0.2) is 4.39 Å². The third-order valence-corrected chi connectivity index (χ3v) is 6.64. The fraction of sp³-hybridized carbons (Fsp3) is 0.357. The molecule has 0 saturated heterocycles. The number of rotatable bonds is 13. The SMILES string of the molecule is CCOCC[C@](C)(C[C@@H](Cc1ccc(-c2cc(Cl)ccc2F)cc1)NC(=O)c1cc(C(C)=O)n[nH]1)C(=O)O. The Balaban J connectivity index is 1.85. The van der Waals surface area contributed by atoms with Crippen LogP contribution in [0.1, 0.15) is 60.2 Å². The van der Waals surface area contributed by atoms with Crippen molar-refractivity contribution in [1.82, 2.24) is 15.5 Å². The summed E-state index contributed by atoms with van der Waals surface area (Å²) in [6.45, 7) is 5.54. The Kier molecular flexibility index (Phi) is 9.77. The molecule has 3 rings (SSSR count). The number of carbonyl (C=O) groups excluding carboxylic acids is 2. The molecule has 0 bridgehead atoms. The van der Waals surface area contributed by atoms with E-state index >= 15 is 0 Å². The molecule has 0 aliphatic rings. The molecule has 0 unspecified atom stereocenters. The van der Waals surface area contributed by atoms with Crippen LogP contribution in [-0.4, -0.2) is 52.2 Å². The molecule has 0 aliphatic carbocycles. The molecule has 2 aromatic carbocycles. The molecule has 0 spiro atoms. The molecule has 0 aliphatic heterocycles. The number of aromatic amines is 1. The molecule has 202 valence electrons. The summed E-state index contributed by atoms with van der Waals surface area (Å²) in [6, 6.07) is 12.2. The molecule has 0 radical (unpaired) electrons. The summed E-state index contributed by atoms with van der Waals surface area (Å²) in [5, 5.41) is 19.7. The van der Waals surface area contributed by atoms with Gasteiger partial charge in [0.1, 0.15) is 17.2 Å². The Morgan fingerprint density at radius 2 is 1.89 bits per heavy atom. The molecular weight excluding hydrogens is 513 g/mol. The van der Waals surface area contributed by atoms with E-state index in [2.05, 4.69) is 15.5 Å². The van der Waals surface area contributed by atoms with Crippen molar-refractivity contribution in [2.75, 3.05) is 13.2 Å². The normalized spacial score (nSPS) is 13.5. The molecule has 1 heterocycles. The molecule has 38 heavy (non-hydrogen) atoms. The fourth-order valence-corrected chi connectivity index (χ4v) is 4.33. The second-order valence-electron chi connectivity index (χ2n) is 9.44. The van der Waals surface area contributed by atoms with Crippen molar-refractivity contribution in [1.29, 1.82) is 0 Å². The maximum absolute atomic E-state index is 14.3. The minimum Gasteiger partial charge on any atom is -0.481 e. The van der Waals surface area contributed by atoms with E-state index in [0.717, 1.165) is 5.56 Å². The topological polar surface area (TPSA) is 121 Å². The number of benzene rings is 2. The molecule has 0 fully saturated rings. The van der Waals surface area contributed by atoms with Crippen molar-refractivity contribution in [2.24, 2.45) is 5.41 Å². The zero-order valence-corrected chi connectivity index (χ0v) is 22.3. The number of H-pyrrole nitrogens is 1. The lowest BCUT2D eigenvalue weighted by Gasteiger charge is -2.30. The molecule has 10 heteroatoms. The van der Waals surface area contributed by atoms with E-state index in [9.17, 15) is 23.9 Å². The lowest BCUT2D eigenvalue weighted by Crippen LogP contribution is -2.43. The molecule has 2 atom stereocenters. The van der Waals surface area contributed by atoms with Crippen LogP contribution in [0.15, 0.2) is 48.5 Å². The van der Waals surface area contributed by atoms with Gasteiger partial charge < -0.3 is 15.2 Å². The lowest BCUT2D eigenvalue weighted by atomic mass is 9.79. The number of aliphatic carboxylic acids is 1. The van der Waals surface area contributed by atoms with Crippen molar-refractivity contribution in [2.45, 2.75) is 46.1 Å². The van der Waals surface area contributed by atoms with Crippen LogP contribution in [0, 0.1) is 11.2 Å². The Labute approximate surface area is 225 Å². The average Bonchev–Trinajstić information content (AvgIpc) is 3.37. The van der Waals surface area contributed by atoms with E-state index < -0.39 is 29.2 Å². The van der Waals surface area contributed by atoms with E-state index in [0.29, 0.717) is 29.2 Å². The lowest BCUT2D eigenvalue weighted by molar-refractivity contribution is -0.150. The number of ether oxygens (including phenoxy) is 1. The smallest absolute Gasteiger partial charge is 0.309 e. The van der Waals surface area contributed by atoms with Crippen LogP contribution in [0.4, 0.5) is 4.39 Å². The molecule has 1 amide bonds. The monoisotopic (exact) mass is 543 g/mol. The van der Waals surface area contributed by atoms with Crippen LogP contribution >= 0.6 is 11.6 Å². The maximum atomic E-state index is 14.3. The summed E-state index contributed by atoms with van der Waals surface area (Å²) in [5.41, 5.74) is 0.864. The highest BCUT2D eigenvalue weighted by Gasteiger charge is 2.36. The number of Topliss-reactive ketones (excluding diaryl/α,β-unsaturated/α-hetero) is 1. The number of nitrogens with one attached hydrogen (secondary N) is 2. The first kappa shape index (κ1) is 29.0. The van der Waals surface area contributed by atoms with Crippen molar-refractivity contribution >= 4 is 29.3 Å². The van der Waals surface area contributed by atoms with Crippen LogP contribution in [0.2, 0.25) is 5.02 Å². The molecule has 3 N–H and O–H groups in total. The van der Waals surface area contributed by atoms with Gasteiger partial charge in [-0.3, -0.25) is 19.5 Å². The van der Waals surface area contributed by atoms with Crippen molar-refractivity contribution in [3.8, 4) is 11.1 Å².